The summed E-state index contributed by atoms with van der Waals surface area (Å²) >= 11 is 0. The zero-order valence-electron chi connectivity index (χ0n) is 16.9. The van der Waals surface area contributed by atoms with Gasteiger partial charge in [-0.1, -0.05) is 31.5 Å². The van der Waals surface area contributed by atoms with Crippen molar-refractivity contribution in [2.75, 3.05) is 39.3 Å². The van der Waals surface area contributed by atoms with E-state index >= 15 is 0 Å². The molecule has 1 aromatic rings. The molecule has 2 aliphatic heterocycles. The van der Waals surface area contributed by atoms with E-state index in [0.717, 1.165) is 12.0 Å². The summed E-state index contributed by atoms with van der Waals surface area (Å²) in [6.45, 7) is 8.18. The fourth-order valence-electron chi connectivity index (χ4n) is 4.16. The van der Waals surface area contributed by atoms with Crippen molar-refractivity contribution in [3.63, 3.8) is 0 Å². The highest BCUT2D eigenvalue weighted by atomic mass is 32.2. The van der Waals surface area contributed by atoms with E-state index in [4.69, 9.17) is 0 Å². The molecule has 2 heterocycles. The molecule has 0 amide bonds. The third kappa shape index (κ3) is 4.59. The maximum Gasteiger partial charge on any atom is 0.282 e. The quantitative estimate of drug-likeness (QED) is 0.733. The van der Waals surface area contributed by atoms with Gasteiger partial charge >= 0.3 is 0 Å². The molecule has 0 radical (unpaired) electrons. The van der Waals surface area contributed by atoms with E-state index in [1.54, 1.807) is 28.6 Å². The third-order valence-electron chi connectivity index (χ3n) is 5.56. The van der Waals surface area contributed by atoms with Crippen LogP contribution in [0.4, 0.5) is 0 Å². The van der Waals surface area contributed by atoms with Crippen LogP contribution in [0.3, 0.4) is 0 Å². The largest absolute Gasteiger partial charge is 0.282 e. The van der Waals surface area contributed by atoms with Crippen molar-refractivity contribution in [2.45, 2.75) is 38.5 Å². The molecule has 2 aliphatic rings. The van der Waals surface area contributed by atoms with Gasteiger partial charge in [-0.25, -0.2) is 8.42 Å². The van der Waals surface area contributed by atoms with Crippen molar-refractivity contribution in [3.05, 3.63) is 29.8 Å². The first-order valence-corrected chi connectivity index (χ1v) is 12.8. The van der Waals surface area contributed by atoms with Gasteiger partial charge < -0.3 is 0 Å². The average molecular weight is 430 g/mol. The van der Waals surface area contributed by atoms with Gasteiger partial charge in [-0.2, -0.15) is 21.3 Å². The average Bonchev–Trinajstić information content (AvgIpc) is 2.88. The Kier molecular flexibility index (Phi) is 6.51. The minimum Gasteiger partial charge on any atom is -0.207 e. The molecule has 2 atom stereocenters. The topological polar surface area (TPSA) is 78.0 Å². The lowest BCUT2D eigenvalue weighted by Crippen LogP contribution is -2.50. The molecule has 0 saturated carbocycles. The summed E-state index contributed by atoms with van der Waals surface area (Å²) in [6.07, 6.45) is 1.53. The van der Waals surface area contributed by atoms with Crippen LogP contribution in [0.5, 0.6) is 0 Å². The minimum atomic E-state index is -3.62. The van der Waals surface area contributed by atoms with E-state index in [-0.39, 0.29) is 18.0 Å². The number of hydrogen-bond acceptors (Lipinski definition) is 4. The van der Waals surface area contributed by atoms with Crippen molar-refractivity contribution in [1.29, 1.82) is 0 Å². The number of hydrogen-bond donors (Lipinski definition) is 0. The van der Waals surface area contributed by atoms with Gasteiger partial charge in [0.25, 0.3) is 10.2 Å². The molecule has 9 heteroatoms. The maximum atomic E-state index is 13.1. The summed E-state index contributed by atoms with van der Waals surface area (Å²) < 4.78 is 56.6. The number of nitrogens with zero attached hydrogens (tertiary/aromatic N) is 3. The highest BCUT2D eigenvalue weighted by Crippen LogP contribution is 2.26. The molecule has 0 spiro atoms. The number of benzene rings is 1. The van der Waals surface area contributed by atoms with Crippen molar-refractivity contribution in [1.82, 2.24) is 12.9 Å². The van der Waals surface area contributed by atoms with Crippen LogP contribution in [0.25, 0.3) is 0 Å². The smallest absolute Gasteiger partial charge is 0.207 e. The standard InChI is InChI=1S/C19H31N3O4S2/c1-16-5-7-19(8-6-16)27(23,24)20-9-4-10-21(12-11-20)28(25,26)22-14-17(2)13-18(3)15-22/h5-8,17-18H,4,9-15H2,1-3H3/t17-,18+. The van der Waals surface area contributed by atoms with Crippen LogP contribution < -0.4 is 0 Å². The summed E-state index contributed by atoms with van der Waals surface area (Å²) in [5, 5.41) is 0. The van der Waals surface area contributed by atoms with Crippen LogP contribution in [-0.2, 0) is 20.2 Å². The highest BCUT2D eigenvalue weighted by Gasteiger charge is 2.37. The van der Waals surface area contributed by atoms with E-state index in [1.807, 2.05) is 6.92 Å². The van der Waals surface area contributed by atoms with E-state index < -0.39 is 20.2 Å². The fraction of sp³-hybridized carbons (Fsp3) is 0.684. The first-order chi connectivity index (χ1) is 13.1. The monoisotopic (exact) mass is 429 g/mol. The lowest BCUT2D eigenvalue weighted by atomic mass is 9.94. The van der Waals surface area contributed by atoms with Gasteiger partial charge in [-0.15, -0.1) is 0 Å². The Bertz CT molecular complexity index is 874. The highest BCUT2D eigenvalue weighted by molar-refractivity contribution is 7.89. The Morgan fingerprint density at radius 1 is 0.786 bits per heavy atom. The molecule has 2 fully saturated rings. The molecule has 0 aliphatic carbocycles. The third-order valence-corrected chi connectivity index (χ3v) is 9.44. The molecular formula is C19H31N3O4S2. The lowest BCUT2D eigenvalue weighted by molar-refractivity contribution is 0.209. The van der Waals surface area contributed by atoms with Crippen molar-refractivity contribution >= 4 is 20.2 Å². The van der Waals surface area contributed by atoms with Gasteiger partial charge in [0.15, 0.2) is 0 Å². The molecule has 1 aromatic carbocycles. The summed E-state index contributed by atoms with van der Waals surface area (Å²) in [5.74, 6) is 0.674. The molecule has 3 rings (SSSR count). The SMILES string of the molecule is Cc1ccc(S(=O)(=O)N2CCCN(S(=O)(=O)N3C[C@H](C)C[C@H](C)C3)CC2)cc1. The predicted octanol–water partition coefficient (Wildman–Crippen LogP) is 1.91. The van der Waals surface area contributed by atoms with Crippen LogP contribution in [0.15, 0.2) is 29.2 Å². The fourth-order valence-corrected chi connectivity index (χ4v) is 7.51. The molecule has 0 aromatic heterocycles. The minimum absolute atomic E-state index is 0.175. The second-order valence-corrected chi connectivity index (χ2v) is 12.1. The van der Waals surface area contributed by atoms with E-state index in [9.17, 15) is 16.8 Å². The lowest BCUT2D eigenvalue weighted by Gasteiger charge is -2.37. The van der Waals surface area contributed by atoms with Crippen LogP contribution in [0, 0.1) is 18.8 Å². The van der Waals surface area contributed by atoms with Gasteiger partial charge in [0.1, 0.15) is 0 Å². The summed E-state index contributed by atoms with van der Waals surface area (Å²) in [7, 11) is -7.18. The summed E-state index contributed by atoms with van der Waals surface area (Å²) in [5.41, 5.74) is 0.997. The zero-order valence-corrected chi connectivity index (χ0v) is 18.5. The molecule has 0 unspecified atom stereocenters. The van der Waals surface area contributed by atoms with Crippen LogP contribution >= 0.6 is 0 Å². The first kappa shape index (κ1) is 21.7. The number of aryl methyl sites for hydroxylation is 1. The van der Waals surface area contributed by atoms with E-state index in [2.05, 4.69) is 13.8 Å². The Morgan fingerprint density at radius 3 is 1.93 bits per heavy atom. The Morgan fingerprint density at radius 2 is 1.32 bits per heavy atom. The zero-order chi connectivity index (χ0) is 20.5. The predicted molar refractivity (Wildman–Crippen MR) is 110 cm³/mol. The van der Waals surface area contributed by atoms with Crippen molar-refractivity contribution in [2.24, 2.45) is 11.8 Å². The van der Waals surface area contributed by atoms with Crippen LogP contribution in [0.2, 0.25) is 0 Å². The Labute approximate surface area is 169 Å². The van der Waals surface area contributed by atoms with Gasteiger partial charge in [-0.05, 0) is 43.7 Å². The second kappa shape index (κ2) is 8.39. The summed E-state index contributed by atoms with van der Waals surface area (Å²) in [6, 6.07) is 6.78. The molecule has 28 heavy (non-hydrogen) atoms. The van der Waals surface area contributed by atoms with E-state index in [1.165, 1.54) is 8.61 Å². The number of sulfonamides is 1. The molecule has 0 N–H and O–H groups in total. The van der Waals surface area contributed by atoms with Crippen LogP contribution in [-0.4, -0.2) is 69.0 Å². The van der Waals surface area contributed by atoms with Gasteiger partial charge in [-0.3, -0.25) is 0 Å². The molecule has 0 bridgehead atoms. The van der Waals surface area contributed by atoms with Crippen molar-refractivity contribution in [3.8, 4) is 0 Å². The van der Waals surface area contributed by atoms with Gasteiger partial charge in [0.2, 0.25) is 10.0 Å². The van der Waals surface area contributed by atoms with E-state index in [0.29, 0.717) is 44.4 Å². The van der Waals surface area contributed by atoms with Gasteiger partial charge in [0.05, 0.1) is 4.90 Å². The van der Waals surface area contributed by atoms with Gasteiger partial charge in [0, 0.05) is 39.3 Å². The summed E-state index contributed by atoms with van der Waals surface area (Å²) in [4.78, 5) is 0.257. The molecule has 2 saturated heterocycles. The Hall–Kier alpha value is -1.00. The molecular weight excluding hydrogens is 398 g/mol. The van der Waals surface area contributed by atoms with Crippen molar-refractivity contribution < 1.29 is 16.8 Å². The normalized spacial score (nSPS) is 26.8. The second-order valence-electron chi connectivity index (χ2n) is 8.24. The number of piperidine rings is 1. The maximum absolute atomic E-state index is 13.1. The van der Waals surface area contributed by atoms with Crippen LogP contribution in [0.1, 0.15) is 32.3 Å². The number of rotatable bonds is 4. The molecule has 7 nitrogen and oxygen atoms in total. The Balaban J connectivity index is 1.73. The molecule has 158 valence electrons. The first-order valence-electron chi connectivity index (χ1n) is 9.92.